The SMILES string of the molecule is CC(c1ccc(COc2cccc3c2CN([C@H]2CCC(=O)NC2=O)C3=O)cc1)N1CCN(c2ccncc2F)CC1. The minimum atomic E-state index is -0.658. The van der Waals surface area contributed by atoms with Crippen LogP contribution in [-0.4, -0.2) is 64.7 Å². The number of imide groups is 1. The predicted molar refractivity (Wildman–Crippen MR) is 150 cm³/mol. The molecule has 3 aliphatic rings. The summed E-state index contributed by atoms with van der Waals surface area (Å²) in [5.74, 6) is -0.619. The van der Waals surface area contributed by atoms with Crippen molar-refractivity contribution in [3.05, 3.63) is 89.0 Å². The lowest BCUT2D eigenvalue weighted by molar-refractivity contribution is -0.136. The van der Waals surface area contributed by atoms with Gasteiger partial charge in [-0.05, 0) is 42.7 Å². The van der Waals surface area contributed by atoms with Crippen molar-refractivity contribution >= 4 is 23.4 Å². The van der Waals surface area contributed by atoms with Gasteiger partial charge in [-0.2, -0.15) is 0 Å². The van der Waals surface area contributed by atoms with Gasteiger partial charge < -0.3 is 14.5 Å². The Kier molecular flexibility index (Phi) is 7.40. The van der Waals surface area contributed by atoms with E-state index in [1.807, 2.05) is 6.07 Å². The van der Waals surface area contributed by atoms with Gasteiger partial charge in [-0.25, -0.2) is 4.39 Å². The fourth-order valence-electron chi connectivity index (χ4n) is 5.93. The Morgan fingerprint density at radius 1 is 1.05 bits per heavy atom. The molecule has 0 radical (unpaired) electrons. The quantitative estimate of drug-likeness (QED) is 0.445. The third kappa shape index (κ3) is 5.39. The van der Waals surface area contributed by atoms with E-state index in [1.165, 1.54) is 16.7 Å². The molecule has 4 heterocycles. The van der Waals surface area contributed by atoms with Gasteiger partial charge in [0.1, 0.15) is 18.4 Å². The lowest BCUT2D eigenvalue weighted by Gasteiger charge is -2.39. The molecule has 0 spiro atoms. The van der Waals surface area contributed by atoms with Crippen molar-refractivity contribution in [2.24, 2.45) is 0 Å². The summed E-state index contributed by atoms with van der Waals surface area (Å²) in [6.07, 6.45) is 3.43. The van der Waals surface area contributed by atoms with Crippen molar-refractivity contribution in [2.45, 2.75) is 45.0 Å². The Morgan fingerprint density at radius 3 is 2.56 bits per heavy atom. The molecule has 3 amide bonds. The van der Waals surface area contributed by atoms with Gasteiger partial charge in [0.15, 0.2) is 5.82 Å². The van der Waals surface area contributed by atoms with E-state index in [0.29, 0.717) is 30.0 Å². The second kappa shape index (κ2) is 11.3. The molecule has 2 atom stereocenters. The number of carbonyl (C=O) groups excluding carboxylic acids is 3. The van der Waals surface area contributed by atoms with Crippen LogP contribution in [0.2, 0.25) is 0 Å². The maximum absolute atomic E-state index is 14.1. The van der Waals surface area contributed by atoms with E-state index in [9.17, 15) is 18.8 Å². The molecule has 2 fully saturated rings. The van der Waals surface area contributed by atoms with Crippen LogP contribution in [0, 0.1) is 5.82 Å². The van der Waals surface area contributed by atoms with Gasteiger partial charge in [0.05, 0.1) is 18.4 Å². The van der Waals surface area contributed by atoms with E-state index >= 15 is 0 Å². The molecule has 2 saturated heterocycles. The zero-order valence-corrected chi connectivity index (χ0v) is 22.9. The Labute approximate surface area is 237 Å². The van der Waals surface area contributed by atoms with Crippen LogP contribution in [0.1, 0.15) is 52.9 Å². The highest BCUT2D eigenvalue weighted by molar-refractivity contribution is 6.05. The Bertz CT molecular complexity index is 1470. The van der Waals surface area contributed by atoms with Gasteiger partial charge in [0.2, 0.25) is 11.8 Å². The number of benzene rings is 2. The first kappa shape index (κ1) is 26.9. The number of carbonyl (C=O) groups is 3. The smallest absolute Gasteiger partial charge is 0.255 e. The molecule has 1 N–H and O–H groups in total. The molecule has 3 aliphatic heterocycles. The highest BCUT2D eigenvalue weighted by Crippen LogP contribution is 2.34. The Balaban J connectivity index is 1.06. The molecule has 0 aliphatic carbocycles. The zero-order valence-electron chi connectivity index (χ0n) is 22.9. The summed E-state index contributed by atoms with van der Waals surface area (Å²) in [5.41, 5.74) is 4.10. The average Bonchev–Trinajstić information content (AvgIpc) is 3.33. The minimum Gasteiger partial charge on any atom is -0.489 e. The highest BCUT2D eigenvalue weighted by Gasteiger charge is 2.40. The van der Waals surface area contributed by atoms with E-state index in [2.05, 4.69) is 51.3 Å². The van der Waals surface area contributed by atoms with E-state index in [-0.39, 0.29) is 36.6 Å². The maximum Gasteiger partial charge on any atom is 0.255 e. The van der Waals surface area contributed by atoms with Crippen LogP contribution in [0.5, 0.6) is 5.75 Å². The lowest BCUT2D eigenvalue weighted by Crippen LogP contribution is -2.52. The van der Waals surface area contributed by atoms with E-state index < -0.39 is 11.9 Å². The number of halogens is 1. The summed E-state index contributed by atoms with van der Waals surface area (Å²) in [7, 11) is 0. The van der Waals surface area contributed by atoms with Crippen LogP contribution in [0.25, 0.3) is 0 Å². The first-order valence-corrected chi connectivity index (χ1v) is 14.0. The zero-order chi connectivity index (χ0) is 28.5. The molecule has 3 aromatic rings. The average molecular weight is 558 g/mol. The third-order valence-corrected chi connectivity index (χ3v) is 8.35. The number of hydrogen-bond acceptors (Lipinski definition) is 7. The molecule has 9 nitrogen and oxygen atoms in total. The van der Waals surface area contributed by atoms with Gasteiger partial charge in [-0.1, -0.05) is 30.3 Å². The van der Waals surface area contributed by atoms with Crippen molar-refractivity contribution < 1.29 is 23.5 Å². The Hall–Kier alpha value is -4.31. The number of piperidine rings is 1. The fraction of sp³-hybridized carbons (Fsp3) is 0.355. The minimum absolute atomic E-state index is 0.218. The summed E-state index contributed by atoms with van der Waals surface area (Å²) in [6, 6.07) is 15.0. The number of nitrogens with one attached hydrogen (secondary N) is 1. The van der Waals surface area contributed by atoms with E-state index in [0.717, 1.165) is 37.3 Å². The van der Waals surface area contributed by atoms with E-state index in [4.69, 9.17) is 4.74 Å². The second-order valence-electron chi connectivity index (χ2n) is 10.7. The summed E-state index contributed by atoms with van der Waals surface area (Å²) >= 11 is 0. The van der Waals surface area contributed by atoms with Gasteiger partial charge in [-0.3, -0.25) is 29.6 Å². The van der Waals surface area contributed by atoms with Crippen LogP contribution < -0.4 is 15.0 Å². The second-order valence-corrected chi connectivity index (χ2v) is 10.7. The molecule has 10 heteroatoms. The fourth-order valence-corrected chi connectivity index (χ4v) is 5.93. The number of rotatable bonds is 7. The largest absolute Gasteiger partial charge is 0.489 e. The molecule has 1 unspecified atom stereocenters. The number of piperazine rings is 1. The van der Waals surface area contributed by atoms with Gasteiger partial charge in [0.25, 0.3) is 5.91 Å². The molecular weight excluding hydrogens is 525 g/mol. The van der Waals surface area contributed by atoms with Crippen molar-refractivity contribution in [1.29, 1.82) is 0 Å². The number of ether oxygens (including phenoxy) is 1. The van der Waals surface area contributed by atoms with Crippen molar-refractivity contribution in [1.82, 2.24) is 20.1 Å². The van der Waals surface area contributed by atoms with Crippen molar-refractivity contribution in [2.75, 3.05) is 31.1 Å². The number of hydrogen-bond donors (Lipinski definition) is 1. The number of pyridine rings is 1. The maximum atomic E-state index is 14.1. The summed E-state index contributed by atoms with van der Waals surface area (Å²) in [5, 5.41) is 2.33. The normalized spacial score (nSPS) is 20.1. The number of anilines is 1. The molecule has 41 heavy (non-hydrogen) atoms. The molecule has 212 valence electrons. The van der Waals surface area contributed by atoms with Crippen LogP contribution in [0.4, 0.5) is 10.1 Å². The van der Waals surface area contributed by atoms with Crippen LogP contribution in [-0.2, 0) is 22.7 Å². The highest BCUT2D eigenvalue weighted by atomic mass is 19.1. The van der Waals surface area contributed by atoms with Gasteiger partial charge in [-0.15, -0.1) is 0 Å². The van der Waals surface area contributed by atoms with Crippen LogP contribution >= 0.6 is 0 Å². The molecule has 0 bridgehead atoms. The predicted octanol–water partition coefficient (Wildman–Crippen LogP) is 3.44. The van der Waals surface area contributed by atoms with E-state index in [1.54, 1.807) is 24.4 Å². The molecule has 6 rings (SSSR count). The summed E-state index contributed by atoms with van der Waals surface area (Å²) in [6.45, 7) is 5.97. The topological polar surface area (TPSA) is 95.1 Å². The van der Waals surface area contributed by atoms with Crippen LogP contribution in [0.3, 0.4) is 0 Å². The standard InChI is InChI=1S/C31H32FN5O4/c1-20(35-13-15-36(16-14-35)26-11-12-33-17-25(26)32)22-7-5-21(6-8-22)19-41-28-4-2-3-23-24(28)18-37(31(23)40)27-9-10-29(38)34-30(27)39/h2-8,11-12,17,20,27H,9-10,13-16,18-19H2,1H3,(H,34,38,39)/t20?,27-/m0/s1. The number of fused-ring (bicyclic) bond motifs is 1. The molecular formula is C31H32FN5O4. The van der Waals surface area contributed by atoms with Crippen molar-refractivity contribution in [3.8, 4) is 5.75 Å². The number of aromatic nitrogens is 1. The first-order valence-electron chi connectivity index (χ1n) is 14.0. The Morgan fingerprint density at radius 2 is 1.83 bits per heavy atom. The number of nitrogens with zero attached hydrogens (tertiary/aromatic N) is 4. The lowest BCUT2D eigenvalue weighted by atomic mass is 10.0. The van der Waals surface area contributed by atoms with Gasteiger partial charge >= 0.3 is 0 Å². The van der Waals surface area contributed by atoms with Crippen molar-refractivity contribution in [3.63, 3.8) is 0 Å². The molecule has 0 saturated carbocycles. The third-order valence-electron chi connectivity index (χ3n) is 8.35. The molecule has 1 aromatic heterocycles. The summed E-state index contributed by atoms with van der Waals surface area (Å²) in [4.78, 5) is 46.8. The van der Waals surface area contributed by atoms with Crippen LogP contribution in [0.15, 0.2) is 60.9 Å². The molecule has 2 aromatic carbocycles. The monoisotopic (exact) mass is 557 g/mol. The van der Waals surface area contributed by atoms with Gasteiger partial charge in [0, 0.05) is 56.0 Å². The number of amides is 3. The first-order chi connectivity index (χ1) is 19.9. The summed E-state index contributed by atoms with van der Waals surface area (Å²) < 4.78 is 20.3.